The smallest absolute Gasteiger partial charge is 0.226 e. The Kier molecular flexibility index (Phi) is 4.33. The highest BCUT2D eigenvalue weighted by atomic mass is 16.3. The molecule has 4 fully saturated rings. The second-order valence-corrected chi connectivity index (χ2v) is 12.0. The lowest BCUT2D eigenvalue weighted by atomic mass is 9.79. The third-order valence-corrected chi connectivity index (χ3v) is 10.5. The molecule has 6 atom stereocenters. The van der Waals surface area contributed by atoms with Crippen LogP contribution in [-0.4, -0.2) is 45.6 Å². The first-order valence-electron chi connectivity index (χ1n) is 13.9. The van der Waals surface area contributed by atoms with E-state index in [4.69, 9.17) is 0 Å². The normalized spacial score (nSPS) is 34.7. The fourth-order valence-electron chi connectivity index (χ4n) is 8.60. The van der Waals surface area contributed by atoms with E-state index in [1.54, 1.807) is 6.08 Å². The molecule has 0 aromatic heterocycles. The molecule has 4 unspecified atom stereocenters. The summed E-state index contributed by atoms with van der Waals surface area (Å²) in [5, 5.41) is 10.8. The molecule has 2 aliphatic heterocycles. The maximum Gasteiger partial charge on any atom is 0.226 e. The van der Waals surface area contributed by atoms with Gasteiger partial charge in [-0.15, -0.1) is 0 Å². The first kappa shape index (κ1) is 22.5. The van der Waals surface area contributed by atoms with Crippen LogP contribution in [-0.2, 0) is 20.4 Å². The molecule has 1 N–H and O–H groups in total. The number of nitrogens with zero attached hydrogens (tertiary/aromatic N) is 2. The van der Waals surface area contributed by atoms with E-state index in [-0.39, 0.29) is 34.8 Å². The molecular weight excluding hydrogens is 476 g/mol. The maximum absolute atomic E-state index is 13.4. The van der Waals surface area contributed by atoms with Crippen molar-refractivity contribution in [2.24, 2.45) is 17.8 Å². The van der Waals surface area contributed by atoms with Gasteiger partial charge in [0.25, 0.3) is 0 Å². The van der Waals surface area contributed by atoms with Crippen LogP contribution in [0.1, 0.15) is 65.8 Å². The molecule has 2 aromatic carbocycles. The van der Waals surface area contributed by atoms with Gasteiger partial charge in [0.15, 0.2) is 5.78 Å². The minimum Gasteiger partial charge on any atom is -0.384 e. The van der Waals surface area contributed by atoms with E-state index in [0.717, 1.165) is 40.1 Å². The second kappa shape index (κ2) is 7.32. The largest absolute Gasteiger partial charge is 0.384 e. The monoisotopic (exact) mass is 506 g/mol. The van der Waals surface area contributed by atoms with Gasteiger partial charge in [-0.1, -0.05) is 55.5 Å². The summed E-state index contributed by atoms with van der Waals surface area (Å²) in [4.78, 5) is 43.1. The van der Waals surface area contributed by atoms with Gasteiger partial charge in [0, 0.05) is 59.8 Å². The number of aliphatic hydroxyl groups is 1. The highest BCUT2D eigenvalue weighted by Crippen LogP contribution is 2.71. The van der Waals surface area contributed by atoms with Crippen molar-refractivity contribution in [2.45, 2.75) is 49.5 Å². The summed E-state index contributed by atoms with van der Waals surface area (Å²) >= 11 is 0. The summed E-state index contributed by atoms with van der Waals surface area (Å²) in [6.07, 6.45) is 4.88. The van der Waals surface area contributed by atoms with Gasteiger partial charge in [0.1, 0.15) is 0 Å². The highest BCUT2D eigenvalue weighted by Gasteiger charge is 2.72. The molecule has 6 nitrogen and oxygen atoms in total. The van der Waals surface area contributed by atoms with Crippen LogP contribution in [0.15, 0.2) is 72.1 Å². The second-order valence-electron chi connectivity index (χ2n) is 12.0. The number of allylic oxidation sites excluding steroid dienone is 3. The van der Waals surface area contributed by atoms with E-state index in [0.29, 0.717) is 43.7 Å². The van der Waals surface area contributed by atoms with Gasteiger partial charge in [-0.2, -0.15) is 0 Å². The predicted octanol–water partition coefficient (Wildman–Crippen LogP) is 4.01. The third-order valence-electron chi connectivity index (χ3n) is 10.5. The SMILES string of the molecule is C[C@@H]1C2CN(C(=O)CCCC(=O)N3C[C@H]4CC45C3=CC(=O)c3ccccc35)C3=CC(O)c4ccccc4C321. The molecule has 6 heteroatoms. The summed E-state index contributed by atoms with van der Waals surface area (Å²) in [7, 11) is 0. The summed E-state index contributed by atoms with van der Waals surface area (Å²) in [5.74, 6) is 1.19. The Balaban J connectivity index is 0.959. The van der Waals surface area contributed by atoms with E-state index in [1.807, 2.05) is 58.3 Å². The van der Waals surface area contributed by atoms with Crippen molar-refractivity contribution in [3.05, 3.63) is 94.3 Å². The maximum atomic E-state index is 13.4. The molecule has 2 saturated carbocycles. The number of likely N-dealkylation sites (tertiary alicyclic amines) is 2. The molecule has 192 valence electrons. The van der Waals surface area contributed by atoms with Gasteiger partial charge in [-0.25, -0.2) is 0 Å². The molecule has 2 saturated heterocycles. The molecule has 2 aromatic rings. The number of carbonyl (C=O) groups is 3. The van der Waals surface area contributed by atoms with E-state index >= 15 is 0 Å². The zero-order valence-corrected chi connectivity index (χ0v) is 21.4. The number of fused-ring (bicyclic) bond motifs is 2. The number of hydrogen-bond donors (Lipinski definition) is 1. The van der Waals surface area contributed by atoms with Gasteiger partial charge in [0.05, 0.1) is 6.10 Å². The predicted molar refractivity (Wildman–Crippen MR) is 140 cm³/mol. The summed E-state index contributed by atoms with van der Waals surface area (Å²) in [6.45, 7) is 3.56. The Morgan fingerprint density at radius 3 is 2.42 bits per heavy atom. The van der Waals surface area contributed by atoms with Gasteiger partial charge >= 0.3 is 0 Å². The van der Waals surface area contributed by atoms with Crippen LogP contribution in [0.3, 0.4) is 0 Å². The van der Waals surface area contributed by atoms with E-state index < -0.39 is 6.10 Å². The van der Waals surface area contributed by atoms with Gasteiger partial charge in [0.2, 0.25) is 11.8 Å². The van der Waals surface area contributed by atoms with Crippen LogP contribution in [0.4, 0.5) is 0 Å². The lowest BCUT2D eigenvalue weighted by molar-refractivity contribution is -0.130. The molecule has 2 spiro atoms. The molecular formula is C32H30N2O4. The molecule has 38 heavy (non-hydrogen) atoms. The number of aliphatic hydroxyl groups excluding tert-OH is 1. The summed E-state index contributed by atoms with van der Waals surface area (Å²) in [6, 6.07) is 15.9. The van der Waals surface area contributed by atoms with Crippen LogP contribution < -0.4 is 0 Å². The third kappa shape index (κ3) is 2.59. The lowest BCUT2D eigenvalue weighted by Crippen LogP contribution is -2.35. The molecule has 6 aliphatic rings. The Morgan fingerprint density at radius 2 is 1.63 bits per heavy atom. The van der Waals surface area contributed by atoms with Crippen molar-refractivity contribution < 1.29 is 19.5 Å². The minimum atomic E-state index is -0.708. The molecule has 2 amide bonds. The van der Waals surface area contributed by atoms with Crippen LogP contribution in [0.2, 0.25) is 0 Å². The van der Waals surface area contributed by atoms with Crippen LogP contribution >= 0.6 is 0 Å². The van der Waals surface area contributed by atoms with Crippen molar-refractivity contribution in [2.75, 3.05) is 13.1 Å². The fraction of sp³-hybridized carbons (Fsp3) is 0.406. The Bertz CT molecular complexity index is 1520. The van der Waals surface area contributed by atoms with Gasteiger partial charge in [-0.05, 0) is 53.4 Å². The first-order valence-corrected chi connectivity index (χ1v) is 13.9. The van der Waals surface area contributed by atoms with E-state index in [2.05, 4.69) is 13.0 Å². The standard InChI is InChI=1S/C32H30N2O4/c1-18-24-17-34(28-14-26(36)21-8-3-5-10-23(21)32(18,24)28)30(38)12-6-11-29(37)33-16-19-15-31(19)22-9-4-2-7-20(22)25(35)13-27(31)33/h2-5,7-10,13-14,18-19,24,26,36H,6,11-12,15-17H2,1H3/t18-,19-,24?,26?,31?,32?/m1/s1. The highest BCUT2D eigenvalue weighted by molar-refractivity contribution is 6.09. The Morgan fingerprint density at radius 1 is 0.947 bits per heavy atom. The van der Waals surface area contributed by atoms with Crippen molar-refractivity contribution in [1.29, 1.82) is 0 Å². The molecule has 4 aliphatic carbocycles. The van der Waals surface area contributed by atoms with Gasteiger partial charge in [-0.3, -0.25) is 14.4 Å². The number of amides is 2. The Labute approximate surface area is 221 Å². The van der Waals surface area contributed by atoms with Crippen LogP contribution in [0, 0.1) is 17.8 Å². The molecule has 0 bridgehead atoms. The van der Waals surface area contributed by atoms with Crippen molar-refractivity contribution in [3.63, 3.8) is 0 Å². The molecule has 8 rings (SSSR count). The summed E-state index contributed by atoms with van der Waals surface area (Å²) in [5.41, 5.74) is 5.40. The number of ketones is 1. The fourth-order valence-corrected chi connectivity index (χ4v) is 8.60. The van der Waals surface area contributed by atoms with Crippen molar-refractivity contribution in [1.82, 2.24) is 9.80 Å². The Hall–Kier alpha value is -3.51. The molecule has 0 radical (unpaired) electrons. The average Bonchev–Trinajstić information content (AvgIpc) is 3.67. The lowest BCUT2D eigenvalue weighted by Gasteiger charge is -2.33. The number of hydrogen-bond acceptors (Lipinski definition) is 4. The quantitative estimate of drug-likeness (QED) is 0.680. The van der Waals surface area contributed by atoms with Crippen molar-refractivity contribution in [3.8, 4) is 0 Å². The van der Waals surface area contributed by atoms with E-state index in [1.165, 1.54) is 0 Å². The minimum absolute atomic E-state index is 0.00148. The first-order chi connectivity index (χ1) is 18.4. The van der Waals surface area contributed by atoms with Gasteiger partial charge < -0.3 is 14.9 Å². The summed E-state index contributed by atoms with van der Waals surface area (Å²) < 4.78 is 0. The number of rotatable bonds is 4. The van der Waals surface area contributed by atoms with Crippen molar-refractivity contribution >= 4 is 17.6 Å². The van der Waals surface area contributed by atoms with E-state index in [9.17, 15) is 19.5 Å². The van der Waals surface area contributed by atoms with Crippen LogP contribution in [0.5, 0.6) is 0 Å². The average molecular weight is 507 g/mol. The topological polar surface area (TPSA) is 77.9 Å². The zero-order valence-electron chi connectivity index (χ0n) is 21.4. The number of carbonyl (C=O) groups excluding carboxylic acids is 3. The van der Waals surface area contributed by atoms with Crippen LogP contribution in [0.25, 0.3) is 0 Å². The number of benzene rings is 2. The zero-order chi connectivity index (χ0) is 26.0. The molecule has 2 heterocycles. The number of piperidine rings is 2.